The van der Waals surface area contributed by atoms with Crippen LogP contribution in [0.4, 0.5) is 28.8 Å². The van der Waals surface area contributed by atoms with Gasteiger partial charge < -0.3 is 120 Å². The fourth-order valence-corrected chi connectivity index (χ4v) is 0. The number of carbonyl (C=O) groups excluding carboxylic acids is 6. The molecule has 18 nitrogen and oxygen atoms in total. The van der Waals surface area contributed by atoms with Crippen LogP contribution in [0.5, 0.6) is 0 Å². The van der Waals surface area contributed by atoms with Gasteiger partial charge in [0.2, 0.25) is 0 Å². The molecular formula is C6H24Br3CrN12O6. The summed E-state index contributed by atoms with van der Waals surface area (Å²) >= 11 is 0. The molecule has 0 rings (SSSR count). The Labute approximate surface area is 201 Å². The number of nitrogens with two attached hydrogens (primary N) is 12. The average Bonchev–Trinajstić information content (AvgIpc) is 2.08. The molecule has 0 fully saturated rings. The molecule has 28 heavy (non-hydrogen) atoms. The van der Waals surface area contributed by atoms with Gasteiger partial charge in [0.05, 0.1) is 0 Å². The molecule has 0 aliphatic carbocycles. The van der Waals surface area contributed by atoms with Gasteiger partial charge in [-0.2, -0.15) is 0 Å². The first-order valence-electron chi connectivity index (χ1n) is 4.69. The van der Waals surface area contributed by atoms with Crippen molar-refractivity contribution in [2.45, 2.75) is 0 Å². The fourth-order valence-electron chi connectivity index (χ4n) is 0. The monoisotopic (exact) mass is 649 g/mol. The van der Waals surface area contributed by atoms with E-state index in [0.29, 0.717) is 0 Å². The van der Waals surface area contributed by atoms with E-state index in [9.17, 15) is 0 Å². The summed E-state index contributed by atoms with van der Waals surface area (Å²) in [4.78, 5) is 54.0. The quantitative estimate of drug-likeness (QED) is 0.120. The summed E-state index contributed by atoms with van der Waals surface area (Å²) in [5.41, 5.74) is 51.0. The third kappa shape index (κ3) is 2080. The van der Waals surface area contributed by atoms with Crippen LogP contribution in [-0.4, -0.2) is 36.2 Å². The van der Waals surface area contributed by atoms with E-state index < -0.39 is 36.2 Å². The number of urea groups is 6. The number of hydrogen-bond acceptors (Lipinski definition) is 6. The van der Waals surface area contributed by atoms with E-state index >= 15 is 0 Å². The second kappa shape index (κ2) is 56.3. The number of hydrogen-bond donors (Lipinski definition) is 12. The molecule has 0 heterocycles. The molecule has 0 aromatic rings. The Hall–Kier alpha value is -2.41. The largest absolute Gasteiger partial charge is 3.00 e. The van der Waals surface area contributed by atoms with Gasteiger partial charge in [0, 0.05) is 0 Å². The van der Waals surface area contributed by atoms with E-state index in [4.69, 9.17) is 28.8 Å². The van der Waals surface area contributed by atoms with Crippen LogP contribution in [0.2, 0.25) is 0 Å². The number of amides is 12. The van der Waals surface area contributed by atoms with Crippen molar-refractivity contribution in [3.05, 3.63) is 0 Å². The van der Waals surface area contributed by atoms with Gasteiger partial charge in [-0.25, -0.2) is 28.8 Å². The Kier molecular flexibility index (Phi) is 128. The van der Waals surface area contributed by atoms with Gasteiger partial charge in [-0.1, -0.05) is 0 Å². The molecule has 0 aromatic heterocycles. The van der Waals surface area contributed by atoms with Crippen molar-refractivity contribution in [2.75, 3.05) is 0 Å². The zero-order valence-electron chi connectivity index (χ0n) is 13.9. The SMILES string of the molecule is NC(N)=O.NC(N)=O.NC(N)=O.NC(N)=O.NC(N)=O.NC(N)=O.[Br-].[Br-].[Br-].[Cr+3]. The second-order valence-electron chi connectivity index (χ2n) is 2.41. The molecule has 0 atom stereocenters. The summed E-state index contributed by atoms with van der Waals surface area (Å²) in [5, 5.41) is 0. The maximum absolute atomic E-state index is 9.00. The summed E-state index contributed by atoms with van der Waals surface area (Å²) in [6.07, 6.45) is 0. The number of rotatable bonds is 0. The van der Waals surface area contributed by atoms with Crippen LogP contribution in [0, 0.1) is 0 Å². The minimum Gasteiger partial charge on any atom is -1.00 e. The van der Waals surface area contributed by atoms with Crippen LogP contribution in [0.3, 0.4) is 0 Å². The molecular weight excluding hydrogens is 628 g/mol. The van der Waals surface area contributed by atoms with Gasteiger partial charge in [-0.05, 0) is 0 Å². The van der Waals surface area contributed by atoms with Crippen molar-refractivity contribution >= 4 is 36.2 Å². The number of halogens is 3. The minimum absolute atomic E-state index is 0. The molecule has 171 valence electrons. The Morgan fingerprint density at radius 3 is 0.286 bits per heavy atom. The second-order valence-corrected chi connectivity index (χ2v) is 2.41. The molecule has 0 saturated heterocycles. The van der Waals surface area contributed by atoms with Crippen LogP contribution in [0.15, 0.2) is 0 Å². The molecule has 0 spiro atoms. The van der Waals surface area contributed by atoms with Crippen LogP contribution in [0.25, 0.3) is 0 Å². The van der Waals surface area contributed by atoms with Crippen molar-refractivity contribution in [3.63, 3.8) is 0 Å². The number of carbonyl (C=O) groups is 6. The molecule has 22 heteroatoms. The van der Waals surface area contributed by atoms with Crippen LogP contribution < -0.4 is 120 Å². The van der Waals surface area contributed by atoms with E-state index in [1.54, 1.807) is 0 Å². The summed E-state index contributed by atoms with van der Waals surface area (Å²) in [7, 11) is 0. The van der Waals surface area contributed by atoms with Gasteiger partial charge in [-0.3, -0.25) is 0 Å². The molecule has 0 aliphatic rings. The zero-order valence-corrected chi connectivity index (χ0v) is 20.0. The predicted molar refractivity (Wildman–Crippen MR) is 82.6 cm³/mol. The first-order valence-corrected chi connectivity index (χ1v) is 4.69. The maximum Gasteiger partial charge on any atom is 3.00 e. The Morgan fingerprint density at radius 2 is 0.286 bits per heavy atom. The summed E-state index contributed by atoms with van der Waals surface area (Å²) in [5.74, 6) is 0. The summed E-state index contributed by atoms with van der Waals surface area (Å²) in [6, 6.07) is -5.00. The molecule has 0 aromatic carbocycles. The van der Waals surface area contributed by atoms with E-state index in [0.717, 1.165) is 0 Å². The smallest absolute Gasteiger partial charge is 1.00 e. The molecule has 0 unspecified atom stereocenters. The Morgan fingerprint density at radius 1 is 0.286 bits per heavy atom. The topological polar surface area (TPSA) is 415 Å². The van der Waals surface area contributed by atoms with Crippen molar-refractivity contribution in [1.29, 1.82) is 0 Å². The first-order chi connectivity index (χ1) is 10.4. The zero-order chi connectivity index (χ0) is 21.5. The van der Waals surface area contributed by atoms with E-state index in [-0.39, 0.29) is 68.3 Å². The normalized spacial score (nSPS) is 5.14. The summed E-state index contributed by atoms with van der Waals surface area (Å²) in [6.45, 7) is 0. The van der Waals surface area contributed by atoms with Crippen LogP contribution in [-0.2, 0) is 17.4 Å². The van der Waals surface area contributed by atoms with Gasteiger partial charge in [-0.15, -0.1) is 0 Å². The summed E-state index contributed by atoms with van der Waals surface area (Å²) < 4.78 is 0. The molecule has 24 N–H and O–H groups in total. The van der Waals surface area contributed by atoms with E-state index in [1.807, 2.05) is 0 Å². The van der Waals surface area contributed by atoms with Gasteiger partial charge in [0.15, 0.2) is 0 Å². The predicted octanol–water partition coefficient (Wildman–Crippen LogP) is -14.8. The molecule has 0 bridgehead atoms. The molecule has 0 saturated carbocycles. The van der Waals surface area contributed by atoms with Gasteiger partial charge in [0.25, 0.3) is 0 Å². The third-order valence-corrected chi connectivity index (χ3v) is 0. The standard InChI is InChI=1S/6CH4N2O.3BrH.Cr/c6*2-1(3)4;;;;/h6*(H4,2,3,4);3*1H;/q;;;;;;;;;+3/p-3. The fraction of sp³-hybridized carbons (Fsp3) is 0. The van der Waals surface area contributed by atoms with Crippen molar-refractivity contribution in [2.24, 2.45) is 68.8 Å². The first kappa shape index (κ1) is 63.7. The molecule has 1 radical (unpaired) electrons. The average molecular weight is 652 g/mol. The van der Waals surface area contributed by atoms with Gasteiger partial charge in [0.1, 0.15) is 0 Å². The minimum atomic E-state index is -0.833. The van der Waals surface area contributed by atoms with Crippen molar-refractivity contribution in [1.82, 2.24) is 0 Å². The van der Waals surface area contributed by atoms with E-state index in [2.05, 4.69) is 68.8 Å². The van der Waals surface area contributed by atoms with Gasteiger partial charge >= 0.3 is 53.5 Å². The third-order valence-electron chi connectivity index (χ3n) is 0. The van der Waals surface area contributed by atoms with Crippen molar-refractivity contribution < 1.29 is 97.1 Å². The maximum atomic E-state index is 9.00. The molecule has 12 amide bonds. The number of primary amides is 12. The van der Waals surface area contributed by atoms with Crippen LogP contribution >= 0.6 is 0 Å². The Bertz CT molecular complexity index is 287. The molecule has 0 aliphatic heterocycles. The van der Waals surface area contributed by atoms with E-state index in [1.165, 1.54) is 0 Å². The Balaban J connectivity index is -0.0000000169. The van der Waals surface area contributed by atoms with Crippen LogP contribution in [0.1, 0.15) is 0 Å². The van der Waals surface area contributed by atoms with Crippen molar-refractivity contribution in [3.8, 4) is 0 Å².